The maximum Gasteiger partial charge on any atom is 0.302 e. The van der Waals surface area contributed by atoms with Gasteiger partial charge >= 0.3 is 5.97 Å². The van der Waals surface area contributed by atoms with Gasteiger partial charge in [0.15, 0.2) is 17.6 Å². The number of esters is 1. The molecule has 1 atom stereocenters. The number of carbonyl (C=O) groups excluding carboxylic acids is 1. The highest BCUT2D eigenvalue weighted by atomic mass is 16.6. The Hall–Kier alpha value is -1.91. The number of anilines is 1. The fraction of sp³-hybridized carbons (Fsp3) is 0.364. The predicted octanol–water partition coefficient (Wildman–Crippen LogP) is 0.972. The van der Waals surface area contributed by atoms with Crippen LogP contribution in [0.15, 0.2) is 18.2 Å². The monoisotopic (exact) mass is 223 g/mol. The van der Waals surface area contributed by atoms with Crippen molar-refractivity contribution in [3.63, 3.8) is 0 Å². The van der Waals surface area contributed by atoms with Crippen LogP contribution in [0.1, 0.15) is 6.92 Å². The van der Waals surface area contributed by atoms with Gasteiger partial charge in [-0.1, -0.05) is 6.07 Å². The number of rotatable bonds is 2. The van der Waals surface area contributed by atoms with Crippen LogP contribution in [-0.2, 0) is 9.53 Å². The minimum Gasteiger partial charge on any atom is -0.484 e. The van der Waals surface area contributed by atoms with Crippen LogP contribution >= 0.6 is 0 Å². The minimum absolute atomic E-state index is 0.184. The number of hydrogen-bond acceptors (Lipinski definition) is 5. The van der Waals surface area contributed by atoms with Gasteiger partial charge in [-0.25, -0.2) is 0 Å². The van der Waals surface area contributed by atoms with E-state index in [1.54, 1.807) is 18.2 Å². The summed E-state index contributed by atoms with van der Waals surface area (Å²) >= 11 is 0. The normalized spacial score (nSPS) is 17.9. The Balaban J connectivity index is 2.04. The molecular formula is C11H13NO4. The van der Waals surface area contributed by atoms with Crippen molar-refractivity contribution in [2.24, 2.45) is 0 Å². The Bertz CT molecular complexity index is 405. The molecule has 1 aliphatic heterocycles. The minimum atomic E-state index is -0.332. The van der Waals surface area contributed by atoms with E-state index in [1.807, 2.05) is 0 Å². The first kappa shape index (κ1) is 10.6. The zero-order chi connectivity index (χ0) is 11.5. The van der Waals surface area contributed by atoms with Crippen LogP contribution < -0.4 is 15.2 Å². The Morgan fingerprint density at radius 3 is 3.19 bits per heavy atom. The zero-order valence-corrected chi connectivity index (χ0v) is 8.93. The molecule has 86 valence electrons. The molecule has 0 aliphatic carbocycles. The van der Waals surface area contributed by atoms with Crippen molar-refractivity contribution in [2.45, 2.75) is 13.0 Å². The third-order valence-corrected chi connectivity index (χ3v) is 2.19. The van der Waals surface area contributed by atoms with Gasteiger partial charge in [-0.3, -0.25) is 4.79 Å². The molecule has 16 heavy (non-hydrogen) atoms. The summed E-state index contributed by atoms with van der Waals surface area (Å²) in [5.41, 5.74) is 6.26. The predicted molar refractivity (Wildman–Crippen MR) is 57.4 cm³/mol. The largest absolute Gasteiger partial charge is 0.484 e. The average molecular weight is 223 g/mol. The number of nitrogen functional groups attached to an aromatic ring is 1. The summed E-state index contributed by atoms with van der Waals surface area (Å²) in [6.07, 6.45) is -0.279. The molecule has 2 rings (SSSR count). The number of nitrogens with two attached hydrogens (primary N) is 1. The average Bonchev–Trinajstić information content (AvgIpc) is 2.26. The molecule has 2 N–H and O–H groups in total. The molecule has 1 unspecified atom stereocenters. The van der Waals surface area contributed by atoms with E-state index in [0.29, 0.717) is 23.8 Å². The molecular weight excluding hydrogens is 210 g/mol. The molecule has 0 amide bonds. The summed E-state index contributed by atoms with van der Waals surface area (Å²) < 4.78 is 15.9. The molecule has 0 radical (unpaired) electrons. The van der Waals surface area contributed by atoms with Gasteiger partial charge in [-0.2, -0.15) is 0 Å². The molecule has 5 heteroatoms. The van der Waals surface area contributed by atoms with Gasteiger partial charge in [-0.05, 0) is 12.1 Å². The molecule has 5 nitrogen and oxygen atoms in total. The van der Waals surface area contributed by atoms with Crippen molar-refractivity contribution >= 4 is 11.7 Å². The Morgan fingerprint density at radius 1 is 1.62 bits per heavy atom. The first-order valence-corrected chi connectivity index (χ1v) is 4.98. The molecule has 0 bridgehead atoms. The van der Waals surface area contributed by atoms with Crippen LogP contribution in [0.3, 0.4) is 0 Å². The number of benzene rings is 1. The van der Waals surface area contributed by atoms with Gasteiger partial charge in [0.1, 0.15) is 13.2 Å². The molecule has 0 saturated heterocycles. The van der Waals surface area contributed by atoms with Crippen LogP contribution in [0.25, 0.3) is 0 Å². The van der Waals surface area contributed by atoms with Crippen molar-refractivity contribution in [2.75, 3.05) is 18.9 Å². The van der Waals surface area contributed by atoms with Gasteiger partial charge in [0.2, 0.25) is 0 Å². The van der Waals surface area contributed by atoms with Crippen LogP contribution in [-0.4, -0.2) is 25.3 Å². The number of hydrogen-bond donors (Lipinski definition) is 1. The first-order valence-electron chi connectivity index (χ1n) is 4.98. The summed E-state index contributed by atoms with van der Waals surface area (Å²) in [5, 5.41) is 0. The lowest BCUT2D eigenvalue weighted by atomic mass is 10.2. The lowest BCUT2D eigenvalue weighted by Crippen LogP contribution is -2.34. The third-order valence-electron chi connectivity index (χ3n) is 2.19. The highest BCUT2D eigenvalue weighted by Gasteiger charge is 2.23. The molecule has 0 saturated carbocycles. The van der Waals surface area contributed by atoms with Gasteiger partial charge in [0.25, 0.3) is 0 Å². The summed E-state index contributed by atoms with van der Waals surface area (Å²) in [6, 6.07) is 5.30. The number of fused-ring (bicyclic) bond motifs is 1. The van der Waals surface area contributed by atoms with E-state index in [0.717, 1.165) is 0 Å². The second kappa shape index (κ2) is 4.30. The molecule has 1 aliphatic rings. The third kappa shape index (κ3) is 2.18. The van der Waals surface area contributed by atoms with Crippen molar-refractivity contribution in [1.29, 1.82) is 0 Å². The van der Waals surface area contributed by atoms with E-state index >= 15 is 0 Å². The van der Waals surface area contributed by atoms with Crippen LogP contribution in [0.4, 0.5) is 5.69 Å². The van der Waals surface area contributed by atoms with Crippen molar-refractivity contribution in [3.8, 4) is 11.5 Å². The fourth-order valence-electron chi connectivity index (χ4n) is 1.46. The van der Waals surface area contributed by atoms with Crippen molar-refractivity contribution < 1.29 is 19.0 Å². The summed E-state index contributed by atoms with van der Waals surface area (Å²) in [5.74, 6) is 0.812. The van der Waals surface area contributed by atoms with Crippen LogP contribution in [0.5, 0.6) is 11.5 Å². The maximum absolute atomic E-state index is 10.6. The van der Waals surface area contributed by atoms with E-state index in [2.05, 4.69) is 0 Å². The van der Waals surface area contributed by atoms with Crippen LogP contribution in [0.2, 0.25) is 0 Å². The van der Waals surface area contributed by atoms with E-state index < -0.39 is 0 Å². The molecule has 1 aromatic rings. The van der Waals surface area contributed by atoms with Gasteiger partial charge < -0.3 is 19.9 Å². The quantitative estimate of drug-likeness (QED) is 0.597. The van der Waals surface area contributed by atoms with E-state index in [1.165, 1.54) is 6.92 Å². The maximum atomic E-state index is 10.6. The van der Waals surface area contributed by atoms with Gasteiger partial charge in [0.05, 0.1) is 5.69 Å². The smallest absolute Gasteiger partial charge is 0.302 e. The molecule has 0 fully saturated rings. The first-order chi connectivity index (χ1) is 7.66. The number of carbonyl (C=O) groups is 1. The Kier molecular flexibility index (Phi) is 2.85. The van der Waals surface area contributed by atoms with Crippen LogP contribution in [0, 0.1) is 0 Å². The summed E-state index contributed by atoms with van der Waals surface area (Å²) in [4.78, 5) is 10.6. The summed E-state index contributed by atoms with van der Waals surface area (Å²) in [7, 11) is 0. The number of ether oxygens (including phenoxy) is 3. The number of para-hydroxylation sites is 1. The topological polar surface area (TPSA) is 70.8 Å². The molecule has 0 spiro atoms. The lowest BCUT2D eigenvalue weighted by Gasteiger charge is -2.26. The second-order valence-electron chi connectivity index (χ2n) is 3.53. The fourth-order valence-corrected chi connectivity index (χ4v) is 1.46. The Morgan fingerprint density at radius 2 is 2.44 bits per heavy atom. The molecule has 1 aromatic carbocycles. The van der Waals surface area contributed by atoms with Crippen molar-refractivity contribution in [3.05, 3.63) is 18.2 Å². The van der Waals surface area contributed by atoms with E-state index in [4.69, 9.17) is 19.9 Å². The highest BCUT2D eigenvalue weighted by molar-refractivity contribution is 5.66. The standard InChI is InChI=1S/C11H13NO4/c1-7(13)14-5-8-6-15-11-9(12)3-2-4-10(11)16-8/h2-4,8H,5-6,12H2,1H3. The highest BCUT2D eigenvalue weighted by Crippen LogP contribution is 2.36. The van der Waals surface area contributed by atoms with Gasteiger partial charge in [0, 0.05) is 6.92 Å². The zero-order valence-electron chi connectivity index (χ0n) is 8.93. The van der Waals surface area contributed by atoms with E-state index in [9.17, 15) is 4.79 Å². The SMILES string of the molecule is CC(=O)OCC1COc2c(N)cccc2O1. The Labute approximate surface area is 93.1 Å². The van der Waals surface area contributed by atoms with Gasteiger partial charge in [-0.15, -0.1) is 0 Å². The van der Waals surface area contributed by atoms with E-state index in [-0.39, 0.29) is 18.7 Å². The molecule has 1 heterocycles. The second-order valence-corrected chi connectivity index (χ2v) is 3.53. The lowest BCUT2D eigenvalue weighted by molar-refractivity contribution is -0.144. The molecule has 0 aromatic heterocycles. The van der Waals surface area contributed by atoms with Crippen molar-refractivity contribution in [1.82, 2.24) is 0 Å². The summed E-state index contributed by atoms with van der Waals surface area (Å²) in [6.45, 7) is 1.87.